The van der Waals surface area contributed by atoms with Gasteiger partial charge in [-0.25, -0.2) is 4.98 Å². The molecule has 0 saturated heterocycles. The van der Waals surface area contributed by atoms with Crippen LogP contribution in [0.4, 0.5) is 23.3 Å². The molecule has 4 N–H and O–H groups in total. The molecule has 1 amide bonds. The average molecular weight is 527 g/mol. The highest BCUT2D eigenvalue weighted by atomic mass is 79.9. The topological polar surface area (TPSA) is 111 Å². The molecule has 0 radical (unpaired) electrons. The van der Waals surface area contributed by atoms with E-state index in [-0.39, 0.29) is 5.91 Å². The maximum atomic E-state index is 12.6. The van der Waals surface area contributed by atoms with Crippen molar-refractivity contribution in [3.8, 4) is 0 Å². The van der Waals surface area contributed by atoms with Gasteiger partial charge < -0.3 is 20.9 Å². The van der Waals surface area contributed by atoms with E-state index in [1.165, 1.54) is 12.8 Å². The van der Waals surface area contributed by atoms with Gasteiger partial charge in [0.15, 0.2) is 5.82 Å². The summed E-state index contributed by atoms with van der Waals surface area (Å²) in [5, 5.41) is 16.8. The van der Waals surface area contributed by atoms with Crippen LogP contribution < -0.4 is 16.0 Å². The predicted molar refractivity (Wildman–Crippen MR) is 138 cm³/mol. The van der Waals surface area contributed by atoms with E-state index in [0.29, 0.717) is 29.8 Å². The number of H-pyrrole nitrogens is 1. The number of rotatable bonds is 12. The summed E-state index contributed by atoms with van der Waals surface area (Å²) >= 11 is 3.49. The lowest BCUT2D eigenvalue weighted by molar-refractivity contribution is 0.0952. The molecule has 0 unspecified atom stereocenters. The second-order valence-corrected chi connectivity index (χ2v) is 9.19. The number of nitrogens with zero attached hydrogens (tertiary/aromatic N) is 4. The lowest BCUT2D eigenvalue weighted by atomic mass is 10.2. The third kappa shape index (κ3) is 6.54. The van der Waals surface area contributed by atoms with E-state index in [9.17, 15) is 4.79 Å². The lowest BCUT2D eigenvalue weighted by Gasteiger charge is -2.17. The fourth-order valence-corrected chi connectivity index (χ4v) is 3.94. The highest BCUT2D eigenvalue weighted by Crippen LogP contribution is 2.39. The molecule has 1 fully saturated rings. The van der Waals surface area contributed by atoms with Crippen LogP contribution in [0.2, 0.25) is 0 Å². The summed E-state index contributed by atoms with van der Waals surface area (Å²) in [7, 11) is 0. The van der Waals surface area contributed by atoms with Crippen molar-refractivity contribution < 1.29 is 4.79 Å². The molecule has 2 heterocycles. The third-order valence-corrected chi connectivity index (χ3v) is 6.38. The van der Waals surface area contributed by atoms with Gasteiger partial charge in [0.1, 0.15) is 5.82 Å². The molecule has 4 rings (SSSR count). The number of aromatic nitrogens is 4. The van der Waals surface area contributed by atoms with Crippen molar-refractivity contribution in [2.45, 2.75) is 39.0 Å². The molecule has 1 aliphatic rings. The van der Waals surface area contributed by atoms with Crippen molar-refractivity contribution in [3.05, 3.63) is 52.3 Å². The molecular formula is C24H31BrN8O. The van der Waals surface area contributed by atoms with Crippen molar-refractivity contribution in [3.63, 3.8) is 0 Å². The minimum atomic E-state index is -0.0898. The van der Waals surface area contributed by atoms with Gasteiger partial charge in [-0.15, -0.1) is 0 Å². The number of nitrogens with one attached hydrogen (secondary N) is 4. The molecule has 3 aromatic rings. The molecule has 0 aliphatic heterocycles. The van der Waals surface area contributed by atoms with Gasteiger partial charge in [-0.2, -0.15) is 10.1 Å². The van der Waals surface area contributed by atoms with E-state index in [1.54, 1.807) is 18.3 Å². The summed E-state index contributed by atoms with van der Waals surface area (Å²) in [6, 6.07) is 9.34. The van der Waals surface area contributed by atoms with Crippen LogP contribution >= 0.6 is 15.9 Å². The Bertz CT molecular complexity index is 1110. The first-order chi connectivity index (χ1) is 16.6. The van der Waals surface area contributed by atoms with Crippen molar-refractivity contribution in [1.82, 2.24) is 30.4 Å². The van der Waals surface area contributed by atoms with Gasteiger partial charge in [-0.3, -0.25) is 9.89 Å². The van der Waals surface area contributed by atoms with E-state index >= 15 is 0 Å². The Morgan fingerprint density at radius 3 is 2.79 bits per heavy atom. The molecular weight excluding hydrogens is 496 g/mol. The monoisotopic (exact) mass is 526 g/mol. The zero-order valence-electron chi connectivity index (χ0n) is 19.6. The number of hydrogen-bond acceptors (Lipinski definition) is 7. The first kappa shape index (κ1) is 24.2. The molecule has 1 aromatic carbocycles. The largest absolute Gasteiger partial charge is 0.352 e. The van der Waals surface area contributed by atoms with Gasteiger partial charge >= 0.3 is 0 Å². The number of benzene rings is 1. The summed E-state index contributed by atoms with van der Waals surface area (Å²) in [6.45, 7) is 7.97. The van der Waals surface area contributed by atoms with Crippen molar-refractivity contribution in [2.24, 2.45) is 0 Å². The van der Waals surface area contributed by atoms with Gasteiger partial charge in [-0.05, 0) is 73.0 Å². The Morgan fingerprint density at radius 2 is 2.03 bits per heavy atom. The molecule has 10 heteroatoms. The predicted octanol–water partition coefficient (Wildman–Crippen LogP) is 4.79. The number of halogens is 1. The number of hydrogen-bond donors (Lipinski definition) is 4. The number of anilines is 4. The quantitative estimate of drug-likeness (QED) is 0.251. The molecule has 2 aromatic heterocycles. The summed E-state index contributed by atoms with van der Waals surface area (Å²) < 4.78 is 0.735. The molecule has 180 valence electrons. The smallest absolute Gasteiger partial charge is 0.251 e. The Morgan fingerprint density at radius 1 is 1.21 bits per heavy atom. The molecule has 0 atom stereocenters. The van der Waals surface area contributed by atoms with Crippen LogP contribution in [0, 0.1) is 0 Å². The number of amides is 1. The first-order valence-electron chi connectivity index (χ1n) is 11.8. The Balaban J connectivity index is 1.35. The van der Waals surface area contributed by atoms with E-state index < -0.39 is 0 Å². The highest BCUT2D eigenvalue weighted by molar-refractivity contribution is 9.10. The Kier molecular flexibility index (Phi) is 8.12. The molecule has 9 nitrogen and oxygen atoms in total. The molecule has 1 aliphatic carbocycles. The van der Waals surface area contributed by atoms with Crippen molar-refractivity contribution >= 4 is 45.1 Å². The van der Waals surface area contributed by atoms with Gasteiger partial charge in [-0.1, -0.05) is 19.9 Å². The summed E-state index contributed by atoms with van der Waals surface area (Å²) in [5.41, 5.74) is 2.41. The van der Waals surface area contributed by atoms with E-state index in [4.69, 9.17) is 0 Å². The zero-order valence-corrected chi connectivity index (χ0v) is 21.2. The van der Waals surface area contributed by atoms with Crippen LogP contribution in [0.5, 0.6) is 0 Å². The van der Waals surface area contributed by atoms with Crippen molar-refractivity contribution in [2.75, 3.05) is 36.8 Å². The standard InChI is InChI=1S/C24H31BrN8O/c1-3-33(4-2)12-6-11-26-23(34)17-7-5-8-18(13-17)28-24-27-15-19(25)22(30-24)29-21-14-20(31-32-21)16-9-10-16/h5,7-8,13-16H,3-4,6,9-12H2,1-2H3,(H,26,34)(H3,27,28,29,30,31,32). The van der Waals surface area contributed by atoms with E-state index in [2.05, 4.69) is 70.8 Å². The lowest BCUT2D eigenvalue weighted by Crippen LogP contribution is -2.29. The maximum Gasteiger partial charge on any atom is 0.251 e. The highest BCUT2D eigenvalue weighted by Gasteiger charge is 2.26. The van der Waals surface area contributed by atoms with Crippen LogP contribution in [0.1, 0.15) is 55.1 Å². The van der Waals surface area contributed by atoms with Gasteiger partial charge in [0.2, 0.25) is 5.95 Å². The molecule has 1 saturated carbocycles. The number of carbonyl (C=O) groups excluding carboxylic acids is 1. The van der Waals surface area contributed by atoms with Gasteiger partial charge in [0.05, 0.1) is 10.2 Å². The average Bonchev–Trinajstić information content (AvgIpc) is 3.60. The van der Waals surface area contributed by atoms with Crippen LogP contribution in [0.25, 0.3) is 0 Å². The summed E-state index contributed by atoms with van der Waals surface area (Å²) in [5.74, 6) is 2.31. The number of carbonyl (C=O) groups is 1. The Hall–Kier alpha value is -2.98. The van der Waals surface area contributed by atoms with E-state index in [1.807, 2.05) is 18.2 Å². The maximum absolute atomic E-state index is 12.6. The number of aromatic amines is 1. The van der Waals surface area contributed by atoms with Gasteiger partial charge in [0.25, 0.3) is 5.91 Å². The van der Waals surface area contributed by atoms with Crippen LogP contribution in [-0.4, -0.2) is 57.2 Å². The third-order valence-electron chi connectivity index (χ3n) is 5.80. The fraction of sp³-hybridized carbons (Fsp3) is 0.417. The first-order valence-corrected chi connectivity index (χ1v) is 12.6. The second kappa shape index (κ2) is 11.4. The van der Waals surface area contributed by atoms with Gasteiger partial charge in [0, 0.05) is 36.0 Å². The normalized spacial score (nSPS) is 13.2. The molecule has 34 heavy (non-hydrogen) atoms. The van der Waals surface area contributed by atoms with E-state index in [0.717, 1.165) is 47.7 Å². The summed E-state index contributed by atoms with van der Waals surface area (Å²) in [4.78, 5) is 23.8. The molecule has 0 bridgehead atoms. The molecule has 0 spiro atoms. The Labute approximate surface area is 208 Å². The van der Waals surface area contributed by atoms with Crippen LogP contribution in [0.3, 0.4) is 0 Å². The fourth-order valence-electron chi connectivity index (χ4n) is 3.65. The summed E-state index contributed by atoms with van der Waals surface area (Å²) in [6.07, 6.45) is 5.00. The van der Waals surface area contributed by atoms with Crippen LogP contribution in [-0.2, 0) is 0 Å². The zero-order chi connectivity index (χ0) is 23.9. The minimum Gasteiger partial charge on any atom is -0.352 e. The SMILES string of the molecule is CCN(CC)CCCNC(=O)c1cccc(Nc2ncc(Br)c(Nc3cc(C4CC4)n[nH]3)n2)c1. The van der Waals surface area contributed by atoms with Crippen molar-refractivity contribution in [1.29, 1.82) is 0 Å². The van der Waals surface area contributed by atoms with Crippen LogP contribution in [0.15, 0.2) is 41.0 Å². The minimum absolute atomic E-state index is 0.0898. The second-order valence-electron chi connectivity index (χ2n) is 8.34.